The third-order valence-electron chi connectivity index (χ3n) is 7.56. The van der Waals surface area contributed by atoms with Gasteiger partial charge in [-0.2, -0.15) is 0 Å². The Kier molecular flexibility index (Phi) is 10.9. The van der Waals surface area contributed by atoms with Crippen LogP contribution in [-0.2, 0) is 25.5 Å². The van der Waals surface area contributed by atoms with Crippen LogP contribution >= 0.6 is 0 Å². The van der Waals surface area contributed by atoms with Crippen LogP contribution < -0.4 is 0 Å². The molecule has 4 aromatic carbocycles. The van der Waals surface area contributed by atoms with E-state index in [1.165, 1.54) is 28.9 Å². The Morgan fingerprint density at radius 1 is 0.756 bits per heavy atom. The second-order valence-corrected chi connectivity index (χ2v) is 12.6. The average Bonchev–Trinajstić information content (AvgIpc) is 3.40. The van der Waals surface area contributed by atoms with Gasteiger partial charge in [-0.15, -0.1) is 65.7 Å². The van der Waals surface area contributed by atoms with Crippen molar-refractivity contribution in [1.29, 1.82) is 0 Å². The first kappa shape index (κ1) is 33.9. The zero-order valence-electron chi connectivity index (χ0n) is 26.9. The zero-order valence-corrected chi connectivity index (χ0v) is 29.3. The summed E-state index contributed by atoms with van der Waals surface area (Å²) >= 11 is 0. The Balaban J connectivity index is 0.000000231. The molecule has 6 heteroatoms. The third-order valence-corrected chi connectivity index (χ3v) is 7.56. The molecular weight excluding hydrogens is 736 g/mol. The standard InChI is InChI=1S/C25H24FN2.C14H15N2.Ir/c1-16(2)20-8-7-9-21(17(3)4)24(20)28-23-11-6-5-10-22(23)27-25(28)18-12-14-19(26)15-13-18;1-14(2,3)13-9-12(15-10-16-13)11-7-5-4-6-8-11;/h5-12,14-17H,1-4H3;4-7,9-10H,1-3H3;/q2*-1;. The maximum absolute atomic E-state index is 13.5. The van der Waals surface area contributed by atoms with E-state index in [-0.39, 0.29) is 31.3 Å². The summed E-state index contributed by atoms with van der Waals surface area (Å²) in [4.78, 5) is 13.5. The normalized spacial score (nSPS) is 11.3. The van der Waals surface area contributed by atoms with Crippen molar-refractivity contribution in [2.24, 2.45) is 0 Å². The number of hydrogen-bond donors (Lipinski definition) is 0. The van der Waals surface area contributed by atoms with Crippen molar-refractivity contribution in [2.75, 3.05) is 0 Å². The molecule has 45 heavy (non-hydrogen) atoms. The van der Waals surface area contributed by atoms with Gasteiger partial charge in [-0.05, 0) is 40.8 Å². The molecule has 1 radical (unpaired) electrons. The van der Waals surface area contributed by atoms with E-state index in [2.05, 4.69) is 99.4 Å². The molecule has 0 aliphatic carbocycles. The number of hydrogen-bond acceptors (Lipinski definition) is 3. The van der Waals surface area contributed by atoms with Gasteiger partial charge in [0.1, 0.15) is 6.33 Å². The van der Waals surface area contributed by atoms with Crippen LogP contribution in [0.4, 0.5) is 4.39 Å². The summed E-state index contributed by atoms with van der Waals surface area (Å²) in [6.07, 6.45) is 1.62. The summed E-state index contributed by atoms with van der Waals surface area (Å²) in [5.74, 6) is 1.22. The fourth-order valence-electron chi connectivity index (χ4n) is 5.22. The summed E-state index contributed by atoms with van der Waals surface area (Å²) in [5.41, 5.74) is 9.52. The molecule has 0 N–H and O–H groups in total. The fourth-order valence-corrected chi connectivity index (χ4v) is 5.22. The molecule has 0 fully saturated rings. The maximum Gasteiger partial charge on any atom is 0.105 e. The Labute approximate surface area is 280 Å². The summed E-state index contributed by atoms with van der Waals surface area (Å²) in [7, 11) is 0. The molecule has 4 nitrogen and oxygen atoms in total. The minimum Gasteiger partial charge on any atom is -0.333 e. The van der Waals surface area contributed by atoms with E-state index < -0.39 is 0 Å². The van der Waals surface area contributed by atoms with Gasteiger partial charge in [0.15, 0.2) is 0 Å². The molecule has 0 unspecified atom stereocenters. The van der Waals surface area contributed by atoms with Crippen molar-refractivity contribution in [2.45, 2.75) is 65.7 Å². The molecule has 0 aliphatic heterocycles. The van der Waals surface area contributed by atoms with E-state index in [9.17, 15) is 4.39 Å². The van der Waals surface area contributed by atoms with E-state index in [1.54, 1.807) is 12.4 Å². The average molecular weight is 775 g/mol. The molecule has 2 aromatic heterocycles. The second kappa shape index (κ2) is 14.4. The van der Waals surface area contributed by atoms with Gasteiger partial charge in [0.05, 0.1) is 16.9 Å². The van der Waals surface area contributed by atoms with Crippen molar-refractivity contribution < 1.29 is 24.5 Å². The molecule has 0 spiro atoms. The van der Waals surface area contributed by atoms with Gasteiger partial charge in [0.25, 0.3) is 0 Å². The predicted molar refractivity (Wildman–Crippen MR) is 178 cm³/mol. The van der Waals surface area contributed by atoms with E-state index in [1.807, 2.05) is 48.5 Å². The first-order valence-corrected chi connectivity index (χ1v) is 15.1. The molecule has 6 rings (SSSR count). The van der Waals surface area contributed by atoms with Crippen LogP contribution in [-0.4, -0.2) is 19.5 Å². The van der Waals surface area contributed by atoms with Crippen LogP contribution in [0.2, 0.25) is 0 Å². The van der Waals surface area contributed by atoms with Gasteiger partial charge in [0.2, 0.25) is 0 Å². The van der Waals surface area contributed by atoms with Crippen LogP contribution in [0.15, 0.2) is 97.3 Å². The van der Waals surface area contributed by atoms with Gasteiger partial charge in [-0.1, -0.05) is 84.9 Å². The number of imidazole rings is 1. The van der Waals surface area contributed by atoms with Crippen molar-refractivity contribution in [3.05, 3.63) is 132 Å². The van der Waals surface area contributed by atoms with Crippen molar-refractivity contribution in [1.82, 2.24) is 19.5 Å². The van der Waals surface area contributed by atoms with E-state index in [4.69, 9.17) is 4.98 Å². The first-order chi connectivity index (χ1) is 21.0. The molecule has 0 aliphatic rings. The van der Waals surface area contributed by atoms with Gasteiger partial charge >= 0.3 is 0 Å². The number of fused-ring (bicyclic) bond motifs is 1. The van der Waals surface area contributed by atoms with Crippen LogP contribution in [0, 0.1) is 17.9 Å². The van der Waals surface area contributed by atoms with Crippen LogP contribution in [0.3, 0.4) is 0 Å². The molecule has 0 amide bonds. The quantitative estimate of drug-likeness (QED) is 0.164. The zero-order chi connectivity index (χ0) is 31.4. The van der Waals surface area contributed by atoms with Gasteiger partial charge in [-0.3, -0.25) is 14.4 Å². The summed E-state index contributed by atoms with van der Waals surface area (Å²) in [6, 6.07) is 35.4. The molecule has 6 aromatic rings. The molecular formula is C39H39FIrN4-2. The number of rotatable bonds is 5. The topological polar surface area (TPSA) is 43.6 Å². The Morgan fingerprint density at radius 2 is 1.44 bits per heavy atom. The van der Waals surface area contributed by atoms with Crippen molar-refractivity contribution in [3.63, 3.8) is 0 Å². The SMILES string of the molecule is CC(C)(C)c1cc(-c2[c-]cccc2)ncn1.CC(C)c1cccc(C(C)C)c1-n1c(-c2[c-]cc(F)cc2)nc2ccccc21.[Ir]. The largest absolute Gasteiger partial charge is 0.333 e. The molecule has 0 bridgehead atoms. The minimum absolute atomic E-state index is 0. The fraction of sp³-hybridized carbons (Fsp3) is 0.256. The number of nitrogens with zero attached hydrogens (tertiary/aromatic N) is 4. The number of aromatic nitrogens is 4. The Bertz CT molecular complexity index is 1830. The molecule has 0 atom stereocenters. The van der Waals surface area contributed by atoms with Crippen LogP contribution in [0.5, 0.6) is 0 Å². The van der Waals surface area contributed by atoms with Gasteiger partial charge in [-0.25, -0.2) is 4.98 Å². The van der Waals surface area contributed by atoms with E-state index in [0.717, 1.165) is 39.4 Å². The Hall–Kier alpha value is -3.99. The number of halogens is 1. The number of benzene rings is 4. The monoisotopic (exact) mass is 775 g/mol. The van der Waals surface area contributed by atoms with E-state index >= 15 is 0 Å². The van der Waals surface area contributed by atoms with Gasteiger partial charge in [0, 0.05) is 42.7 Å². The molecule has 233 valence electrons. The molecule has 0 saturated heterocycles. The summed E-state index contributed by atoms with van der Waals surface area (Å²) in [6.45, 7) is 15.3. The van der Waals surface area contributed by atoms with Crippen molar-refractivity contribution >= 4 is 11.0 Å². The molecule has 0 saturated carbocycles. The summed E-state index contributed by atoms with van der Waals surface area (Å²) in [5, 5.41) is 0. The Morgan fingerprint density at radius 3 is 2.04 bits per heavy atom. The maximum atomic E-state index is 13.5. The van der Waals surface area contributed by atoms with Crippen molar-refractivity contribution in [3.8, 4) is 28.3 Å². The predicted octanol–water partition coefficient (Wildman–Crippen LogP) is 10.1. The smallest absolute Gasteiger partial charge is 0.105 e. The second-order valence-electron chi connectivity index (χ2n) is 12.6. The summed E-state index contributed by atoms with van der Waals surface area (Å²) < 4.78 is 15.7. The molecule has 2 heterocycles. The van der Waals surface area contributed by atoms with Gasteiger partial charge < -0.3 is 4.57 Å². The first-order valence-electron chi connectivity index (χ1n) is 15.1. The number of para-hydroxylation sites is 3. The van der Waals surface area contributed by atoms with Crippen LogP contribution in [0.25, 0.3) is 39.4 Å². The van der Waals surface area contributed by atoms with E-state index in [0.29, 0.717) is 11.8 Å². The minimum atomic E-state index is -0.295. The van der Waals surface area contributed by atoms with Crippen LogP contribution in [0.1, 0.15) is 77.1 Å². The third kappa shape index (κ3) is 7.64.